The van der Waals surface area contributed by atoms with Crippen LogP contribution in [0.2, 0.25) is 0 Å². The standard InChI is InChI=1S/C15H19IN4O2/c1-15(2,3)22-14(21)19-7-6-11(9-19)20-13-8-10(16)4-5-12(13)17-18-20/h4-5,8,11H,6-7,9H2,1-3H3. The van der Waals surface area contributed by atoms with E-state index in [2.05, 4.69) is 39.0 Å². The van der Waals surface area contributed by atoms with Crippen LogP contribution in [0.3, 0.4) is 0 Å². The number of halogens is 1. The highest BCUT2D eigenvalue weighted by Crippen LogP contribution is 2.26. The molecule has 0 spiro atoms. The average Bonchev–Trinajstić information content (AvgIpc) is 3.01. The SMILES string of the molecule is CC(C)(C)OC(=O)N1CCC(n2nnc3ccc(I)cc32)C1. The molecule has 7 heteroatoms. The number of fused-ring (bicyclic) bond motifs is 1. The Hall–Kier alpha value is -1.38. The van der Waals surface area contributed by atoms with E-state index in [1.165, 1.54) is 0 Å². The molecule has 22 heavy (non-hydrogen) atoms. The summed E-state index contributed by atoms with van der Waals surface area (Å²) in [5.41, 5.74) is 1.43. The van der Waals surface area contributed by atoms with Crippen LogP contribution < -0.4 is 0 Å². The fraction of sp³-hybridized carbons (Fsp3) is 0.533. The third-order valence-corrected chi connectivity index (χ3v) is 4.27. The van der Waals surface area contributed by atoms with Gasteiger partial charge in [-0.3, -0.25) is 0 Å². The summed E-state index contributed by atoms with van der Waals surface area (Å²) >= 11 is 2.28. The molecule has 0 N–H and O–H groups in total. The Kier molecular flexibility index (Phi) is 4.00. The molecular formula is C15H19IN4O2. The first-order valence-corrected chi connectivity index (χ1v) is 8.40. The summed E-state index contributed by atoms with van der Waals surface area (Å²) in [4.78, 5) is 13.9. The number of amides is 1. The lowest BCUT2D eigenvalue weighted by Crippen LogP contribution is -2.35. The fourth-order valence-electron chi connectivity index (χ4n) is 2.61. The number of nitrogens with zero attached hydrogens (tertiary/aromatic N) is 4. The Labute approximate surface area is 142 Å². The average molecular weight is 414 g/mol. The van der Waals surface area contributed by atoms with Gasteiger partial charge in [0.2, 0.25) is 0 Å². The molecule has 0 radical (unpaired) electrons. The second kappa shape index (κ2) is 5.68. The van der Waals surface area contributed by atoms with Gasteiger partial charge in [0.1, 0.15) is 11.1 Å². The largest absolute Gasteiger partial charge is 0.444 e. The molecule has 118 valence electrons. The van der Waals surface area contributed by atoms with E-state index in [0.29, 0.717) is 13.1 Å². The van der Waals surface area contributed by atoms with Crippen LogP contribution in [0.4, 0.5) is 4.79 Å². The summed E-state index contributed by atoms with van der Waals surface area (Å²) < 4.78 is 8.52. The van der Waals surface area contributed by atoms with Gasteiger partial charge in [-0.05, 0) is 68.0 Å². The highest BCUT2D eigenvalue weighted by molar-refractivity contribution is 14.1. The Morgan fingerprint density at radius 1 is 1.41 bits per heavy atom. The number of carbonyl (C=O) groups is 1. The van der Waals surface area contributed by atoms with Gasteiger partial charge >= 0.3 is 6.09 Å². The number of ether oxygens (including phenoxy) is 1. The first-order valence-electron chi connectivity index (χ1n) is 7.32. The van der Waals surface area contributed by atoms with Crippen molar-refractivity contribution in [2.75, 3.05) is 13.1 Å². The van der Waals surface area contributed by atoms with Gasteiger partial charge in [0.25, 0.3) is 0 Å². The molecule has 1 aromatic heterocycles. The van der Waals surface area contributed by atoms with E-state index in [9.17, 15) is 4.79 Å². The quantitative estimate of drug-likeness (QED) is 0.673. The first-order chi connectivity index (χ1) is 10.3. The molecule has 1 unspecified atom stereocenters. The summed E-state index contributed by atoms with van der Waals surface area (Å²) in [5, 5.41) is 8.48. The molecule has 1 saturated heterocycles. The summed E-state index contributed by atoms with van der Waals surface area (Å²) in [5.74, 6) is 0. The predicted molar refractivity (Wildman–Crippen MR) is 91.7 cm³/mol. The molecule has 1 aromatic carbocycles. The number of hydrogen-bond acceptors (Lipinski definition) is 4. The number of carbonyl (C=O) groups excluding carboxylic acids is 1. The monoisotopic (exact) mass is 414 g/mol. The van der Waals surface area contributed by atoms with E-state index in [1.807, 2.05) is 37.6 Å². The Balaban J connectivity index is 1.77. The van der Waals surface area contributed by atoms with Crippen LogP contribution in [0, 0.1) is 3.57 Å². The van der Waals surface area contributed by atoms with Crippen LogP contribution in [0.25, 0.3) is 11.0 Å². The molecule has 0 aliphatic carbocycles. The number of likely N-dealkylation sites (tertiary alicyclic amines) is 1. The molecule has 6 nitrogen and oxygen atoms in total. The van der Waals surface area contributed by atoms with E-state index in [0.717, 1.165) is 21.0 Å². The second-order valence-corrected chi connectivity index (χ2v) is 7.78. The highest BCUT2D eigenvalue weighted by Gasteiger charge is 2.31. The fourth-order valence-corrected chi connectivity index (χ4v) is 3.09. The van der Waals surface area contributed by atoms with E-state index in [4.69, 9.17) is 4.74 Å². The number of hydrogen-bond donors (Lipinski definition) is 0. The summed E-state index contributed by atoms with van der Waals surface area (Å²) in [7, 11) is 0. The Morgan fingerprint density at radius 2 is 2.18 bits per heavy atom. The van der Waals surface area contributed by atoms with Gasteiger partial charge in [0, 0.05) is 16.7 Å². The summed E-state index contributed by atoms with van der Waals surface area (Å²) in [6, 6.07) is 6.22. The van der Waals surface area contributed by atoms with E-state index in [-0.39, 0.29) is 12.1 Å². The van der Waals surface area contributed by atoms with E-state index >= 15 is 0 Å². The topological polar surface area (TPSA) is 60.2 Å². The van der Waals surface area contributed by atoms with Crippen molar-refractivity contribution >= 4 is 39.7 Å². The van der Waals surface area contributed by atoms with Crippen LogP contribution in [0.1, 0.15) is 33.2 Å². The third-order valence-electron chi connectivity index (χ3n) is 3.59. The lowest BCUT2D eigenvalue weighted by atomic mass is 10.2. The van der Waals surface area contributed by atoms with Gasteiger partial charge in [0.15, 0.2) is 0 Å². The van der Waals surface area contributed by atoms with Crippen LogP contribution in [0.5, 0.6) is 0 Å². The maximum absolute atomic E-state index is 12.2. The minimum Gasteiger partial charge on any atom is -0.444 e. The minimum atomic E-state index is -0.467. The molecule has 1 atom stereocenters. The van der Waals surface area contributed by atoms with E-state index < -0.39 is 5.60 Å². The lowest BCUT2D eigenvalue weighted by Gasteiger charge is -2.24. The lowest BCUT2D eigenvalue weighted by molar-refractivity contribution is 0.0288. The molecular weight excluding hydrogens is 395 g/mol. The predicted octanol–water partition coefficient (Wildman–Crippen LogP) is 3.22. The number of benzene rings is 1. The van der Waals surface area contributed by atoms with Gasteiger partial charge in [-0.1, -0.05) is 5.21 Å². The van der Waals surface area contributed by atoms with Gasteiger partial charge in [-0.25, -0.2) is 9.48 Å². The zero-order valence-corrected chi connectivity index (χ0v) is 15.1. The number of aromatic nitrogens is 3. The third kappa shape index (κ3) is 3.18. The molecule has 1 aliphatic rings. The summed E-state index contributed by atoms with van der Waals surface area (Å²) in [6.07, 6.45) is 0.609. The van der Waals surface area contributed by atoms with Crippen molar-refractivity contribution in [3.8, 4) is 0 Å². The Bertz CT molecular complexity index is 707. The molecule has 3 rings (SSSR count). The highest BCUT2D eigenvalue weighted by atomic mass is 127. The Morgan fingerprint density at radius 3 is 2.91 bits per heavy atom. The zero-order chi connectivity index (χ0) is 15.9. The molecule has 1 amide bonds. The van der Waals surface area contributed by atoms with Gasteiger partial charge in [-0.2, -0.15) is 0 Å². The van der Waals surface area contributed by atoms with Crippen LogP contribution in [-0.2, 0) is 4.74 Å². The van der Waals surface area contributed by atoms with Crippen molar-refractivity contribution in [2.45, 2.75) is 38.8 Å². The molecule has 0 saturated carbocycles. The van der Waals surface area contributed by atoms with Crippen molar-refractivity contribution in [3.63, 3.8) is 0 Å². The molecule has 2 aromatic rings. The first kappa shape index (κ1) is 15.5. The molecule has 2 heterocycles. The molecule has 1 aliphatic heterocycles. The van der Waals surface area contributed by atoms with Gasteiger partial charge in [-0.15, -0.1) is 5.10 Å². The van der Waals surface area contributed by atoms with E-state index in [1.54, 1.807) is 4.90 Å². The van der Waals surface area contributed by atoms with Crippen molar-refractivity contribution < 1.29 is 9.53 Å². The van der Waals surface area contributed by atoms with Crippen LogP contribution in [0.15, 0.2) is 18.2 Å². The van der Waals surface area contributed by atoms with Crippen LogP contribution >= 0.6 is 22.6 Å². The van der Waals surface area contributed by atoms with Gasteiger partial charge < -0.3 is 9.64 Å². The zero-order valence-electron chi connectivity index (χ0n) is 12.9. The summed E-state index contributed by atoms with van der Waals surface area (Å²) in [6.45, 7) is 6.94. The minimum absolute atomic E-state index is 0.149. The smallest absolute Gasteiger partial charge is 0.410 e. The van der Waals surface area contributed by atoms with Crippen molar-refractivity contribution in [3.05, 3.63) is 21.8 Å². The van der Waals surface area contributed by atoms with Crippen molar-refractivity contribution in [1.29, 1.82) is 0 Å². The van der Waals surface area contributed by atoms with Gasteiger partial charge in [0.05, 0.1) is 11.6 Å². The maximum atomic E-state index is 12.2. The van der Waals surface area contributed by atoms with Crippen molar-refractivity contribution in [2.24, 2.45) is 0 Å². The maximum Gasteiger partial charge on any atom is 0.410 e. The molecule has 1 fully saturated rings. The normalized spacial score (nSPS) is 18.9. The number of rotatable bonds is 1. The molecule has 0 bridgehead atoms. The van der Waals surface area contributed by atoms with Crippen LogP contribution in [-0.4, -0.2) is 44.7 Å². The second-order valence-electron chi connectivity index (χ2n) is 6.54. The van der Waals surface area contributed by atoms with Crippen molar-refractivity contribution in [1.82, 2.24) is 19.9 Å².